The lowest BCUT2D eigenvalue weighted by molar-refractivity contribution is 0.260. The van der Waals surface area contributed by atoms with Crippen molar-refractivity contribution in [3.63, 3.8) is 0 Å². The predicted molar refractivity (Wildman–Crippen MR) is 104 cm³/mol. The van der Waals surface area contributed by atoms with Gasteiger partial charge in [-0.25, -0.2) is 12.8 Å². The first-order valence-corrected chi connectivity index (χ1v) is 11.4. The zero-order valence-corrected chi connectivity index (χ0v) is 16.7. The second-order valence-electron chi connectivity index (χ2n) is 7.43. The second kappa shape index (κ2) is 8.46. The summed E-state index contributed by atoms with van der Waals surface area (Å²) < 4.78 is 42.7. The maximum Gasteiger partial charge on any atom is 0.191 e. The van der Waals surface area contributed by atoms with E-state index in [9.17, 15) is 12.8 Å². The number of nitrogens with zero attached hydrogens (tertiary/aromatic N) is 1. The number of fused-ring (bicyclic) bond motifs is 1. The van der Waals surface area contributed by atoms with Crippen molar-refractivity contribution >= 4 is 15.8 Å². The molecule has 3 atom stereocenters. The molecule has 0 amide bonds. The molecule has 0 aromatic heterocycles. The van der Waals surface area contributed by atoms with Gasteiger partial charge in [0.2, 0.25) is 0 Å². The van der Waals surface area contributed by atoms with Gasteiger partial charge < -0.3 is 15.4 Å². The van der Waals surface area contributed by atoms with E-state index < -0.39 is 9.84 Å². The fourth-order valence-electron chi connectivity index (χ4n) is 3.39. The Labute approximate surface area is 160 Å². The summed E-state index contributed by atoms with van der Waals surface area (Å²) in [4.78, 5) is 4.64. The van der Waals surface area contributed by atoms with Crippen LogP contribution in [0.4, 0.5) is 4.39 Å². The third kappa shape index (κ3) is 5.34. The van der Waals surface area contributed by atoms with Crippen molar-refractivity contribution in [2.24, 2.45) is 10.9 Å². The van der Waals surface area contributed by atoms with E-state index in [-0.39, 0.29) is 35.3 Å². The van der Waals surface area contributed by atoms with Gasteiger partial charge in [0.05, 0.1) is 24.2 Å². The van der Waals surface area contributed by atoms with Crippen LogP contribution in [-0.4, -0.2) is 45.1 Å². The molecular weight excluding hydrogens is 369 g/mol. The molecule has 1 aromatic carbocycles. The van der Waals surface area contributed by atoms with Gasteiger partial charge in [-0.15, -0.1) is 0 Å². The topological polar surface area (TPSA) is 79.8 Å². The summed E-state index contributed by atoms with van der Waals surface area (Å²) in [6.07, 6.45) is 2.29. The Kier molecular flexibility index (Phi) is 6.24. The van der Waals surface area contributed by atoms with Gasteiger partial charge in [-0.1, -0.05) is 6.92 Å². The smallest absolute Gasteiger partial charge is 0.191 e. The van der Waals surface area contributed by atoms with Crippen LogP contribution in [0.1, 0.15) is 44.7 Å². The minimum Gasteiger partial charge on any atom is -0.493 e. The van der Waals surface area contributed by atoms with Crippen LogP contribution in [0.5, 0.6) is 5.75 Å². The summed E-state index contributed by atoms with van der Waals surface area (Å²) in [5, 5.41) is 6.75. The van der Waals surface area contributed by atoms with E-state index in [2.05, 4.69) is 29.5 Å². The summed E-state index contributed by atoms with van der Waals surface area (Å²) in [7, 11) is -2.91. The van der Waals surface area contributed by atoms with Gasteiger partial charge in [-0.2, -0.15) is 0 Å². The summed E-state index contributed by atoms with van der Waals surface area (Å²) in [5.41, 5.74) is 0.781. The molecule has 3 rings (SSSR count). The fourth-order valence-corrected chi connectivity index (χ4v) is 5.23. The highest BCUT2D eigenvalue weighted by Gasteiger charge is 2.28. The van der Waals surface area contributed by atoms with E-state index >= 15 is 0 Å². The standard InChI is InChI=1S/C19H28FN3O3S/c1-3-13(2)22-19(21-11-14-7-9-27(24,25)12-14)23-17-6-8-26-18-5-4-15(20)10-16(17)18/h4-5,10,13-14,17H,3,6-9,11-12H2,1-2H3,(H2,21,22,23). The molecule has 2 aliphatic heterocycles. The first kappa shape index (κ1) is 19.9. The van der Waals surface area contributed by atoms with Gasteiger partial charge in [-0.3, -0.25) is 4.99 Å². The summed E-state index contributed by atoms with van der Waals surface area (Å²) in [6, 6.07) is 4.66. The van der Waals surface area contributed by atoms with Crippen LogP contribution in [0.2, 0.25) is 0 Å². The van der Waals surface area contributed by atoms with Crippen LogP contribution in [0.15, 0.2) is 23.2 Å². The van der Waals surface area contributed by atoms with Crippen LogP contribution in [-0.2, 0) is 9.84 Å². The number of benzene rings is 1. The largest absolute Gasteiger partial charge is 0.493 e. The monoisotopic (exact) mass is 397 g/mol. The predicted octanol–water partition coefficient (Wildman–Crippen LogP) is 2.42. The van der Waals surface area contributed by atoms with Gasteiger partial charge in [0.1, 0.15) is 11.6 Å². The highest BCUT2D eigenvalue weighted by atomic mass is 32.2. The number of nitrogens with one attached hydrogen (secondary N) is 2. The van der Waals surface area contributed by atoms with Gasteiger partial charge in [-0.05, 0) is 43.9 Å². The lowest BCUT2D eigenvalue weighted by atomic mass is 10.0. The van der Waals surface area contributed by atoms with Gasteiger partial charge in [0, 0.05) is 24.6 Å². The quantitative estimate of drug-likeness (QED) is 0.589. The second-order valence-corrected chi connectivity index (χ2v) is 9.66. The van der Waals surface area contributed by atoms with E-state index in [1.807, 2.05) is 0 Å². The first-order chi connectivity index (χ1) is 12.9. The zero-order chi connectivity index (χ0) is 19.4. The average molecular weight is 398 g/mol. The van der Waals surface area contributed by atoms with Crippen molar-refractivity contribution in [3.8, 4) is 5.75 Å². The molecule has 1 saturated heterocycles. The Morgan fingerprint density at radius 3 is 2.93 bits per heavy atom. The van der Waals surface area contributed by atoms with E-state index in [4.69, 9.17) is 4.74 Å². The molecule has 8 heteroatoms. The fraction of sp³-hybridized carbons (Fsp3) is 0.632. The van der Waals surface area contributed by atoms with Gasteiger partial charge in [0.25, 0.3) is 0 Å². The van der Waals surface area contributed by atoms with Crippen molar-refractivity contribution in [1.29, 1.82) is 0 Å². The highest BCUT2D eigenvalue weighted by molar-refractivity contribution is 7.91. The SMILES string of the molecule is CCC(C)NC(=NCC1CCS(=O)(=O)C1)NC1CCOc2ccc(F)cc21. The molecule has 2 N–H and O–H groups in total. The Balaban J connectivity index is 1.74. The van der Waals surface area contributed by atoms with Gasteiger partial charge in [0.15, 0.2) is 15.8 Å². The van der Waals surface area contributed by atoms with Crippen LogP contribution in [0, 0.1) is 11.7 Å². The highest BCUT2D eigenvalue weighted by Crippen LogP contribution is 2.32. The number of hydrogen-bond donors (Lipinski definition) is 2. The van der Waals surface area contributed by atoms with Crippen LogP contribution >= 0.6 is 0 Å². The molecule has 2 aliphatic rings. The first-order valence-electron chi connectivity index (χ1n) is 9.56. The molecule has 2 heterocycles. The number of ether oxygens (including phenoxy) is 1. The van der Waals surface area contributed by atoms with Crippen molar-refractivity contribution < 1.29 is 17.5 Å². The molecule has 150 valence electrons. The molecule has 0 radical (unpaired) electrons. The summed E-state index contributed by atoms with van der Waals surface area (Å²) in [6.45, 7) is 5.16. The van der Waals surface area contributed by atoms with Gasteiger partial charge >= 0.3 is 0 Å². The summed E-state index contributed by atoms with van der Waals surface area (Å²) >= 11 is 0. The van der Waals surface area contributed by atoms with Crippen molar-refractivity contribution in [3.05, 3.63) is 29.6 Å². The molecule has 0 aliphatic carbocycles. The van der Waals surface area contributed by atoms with E-state index in [0.29, 0.717) is 37.7 Å². The Morgan fingerprint density at radius 1 is 1.41 bits per heavy atom. The van der Waals surface area contributed by atoms with Crippen LogP contribution < -0.4 is 15.4 Å². The average Bonchev–Trinajstić information content (AvgIpc) is 2.99. The van der Waals surface area contributed by atoms with E-state index in [0.717, 1.165) is 12.0 Å². The van der Waals surface area contributed by atoms with Crippen molar-refractivity contribution in [2.45, 2.75) is 45.2 Å². The molecule has 0 spiro atoms. The molecule has 6 nitrogen and oxygen atoms in total. The Hall–Kier alpha value is -1.83. The molecule has 0 bridgehead atoms. The van der Waals surface area contributed by atoms with Crippen LogP contribution in [0.3, 0.4) is 0 Å². The van der Waals surface area contributed by atoms with Crippen molar-refractivity contribution in [2.75, 3.05) is 24.7 Å². The minimum absolute atomic E-state index is 0.0601. The molecular formula is C19H28FN3O3S. The lowest BCUT2D eigenvalue weighted by Gasteiger charge is -2.29. The number of rotatable bonds is 5. The molecule has 27 heavy (non-hydrogen) atoms. The Morgan fingerprint density at radius 2 is 2.22 bits per heavy atom. The number of aliphatic imine (C=N–C) groups is 1. The third-order valence-electron chi connectivity index (χ3n) is 5.15. The minimum atomic E-state index is -2.91. The van der Waals surface area contributed by atoms with E-state index in [1.165, 1.54) is 12.1 Å². The van der Waals surface area contributed by atoms with Crippen molar-refractivity contribution in [1.82, 2.24) is 10.6 Å². The molecule has 1 aromatic rings. The zero-order valence-electron chi connectivity index (χ0n) is 15.9. The van der Waals surface area contributed by atoms with Crippen LogP contribution in [0.25, 0.3) is 0 Å². The summed E-state index contributed by atoms with van der Waals surface area (Å²) in [5.74, 6) is 1.54. The Bertz CT molecular complexity index is 797. The maximum atomic E-state index is 13.7. The number of hydrogen-bond acceptors (Lipinski definition) is 4. The molecule has 3 unspecified atom stereocenters. The third-order valence-corrected chi connectivity index (χ3v) is 6.99. The normalized spacial score (nSPS) is 25.4. The maximum absolute atomic E-state index is 13.7. The molecule has 1 fully saturated rings. The number of sulfone groups is 1. The lowest BCUT2D eigenvalue weighted by Crippen LogP contribution is -2.45. The number of guanidine groups is 1. The molecule has 0 saturated carbocycles. The number of halogens is 1. The van der Waals surface area contributed by atoms with E-state index in [1.54, 1.807) is 6.07 Å².